The molecule has 0 fully saturated rings. The van der Waals surface area contributed by atoms with Crippen LogP contribution in [0.2, 0.25) is 0 Å². The van der Waals surface area contributed by atoms with Crippen LogP contribution < -0.4 is 20.7 Å². The summed E-state index contributed by atoms with van der Waals surface area (Å²) in [5.41, 5.74) is 8.33. The van der Waals surface area contributed by atoms with E-state index in [1.165, 1.54) is 12.3 Å². The molecule has 0 spiro atoms. The zero-order chi connectivity index (χ0) is 23.4. The molecule has 33 heavy (non-hydrogen) atoms. The van der Waals surface area contributed by atoms with Crippen LogP contribution in [0, 0.1) is 0 Å². The van der Waals surface area contributed by atoms with Gasteiger partial charge in [-0.25, -0.2) is 4.98 Å². The molecule has 2 heterocycles. The van der Waals surface area contributed by atoms with Crippen molar-refractivity contribution < 1.29 is 19.1 Å². The van der Waals surface area contributed by atoms with Gasteiger partial charge >= 0.3 is 0 Å². The Bertz CT molecular complexity index is 1240. The van der Waals surface area contributed by atoms with Gasteiger partial charge in [0.2, 0.25) is 11.8 Å². The first-order valence-electron chi connectivity index (χ1n) is 10.4. The first-order valence-corrected chi connectivity index (χ1v) is 10.4. The van der Waals surface area contributed by atoms with E-state index in [1.807, 2.05) is 0 Å². The molecule has 0 aliphatic carbocycles. The van der Waals surface area contributed by atoms with Crippen LogP contribution in [0.25, 0.3) is 0 Å². The molecule has 1 aliphatic heterocycles. The minimum absolute atomic E-state index is 0.153. The zero-order valence-electron chi connectivity index (χ0n) is 17.8. The number of para-hydroxylation sites is 1. The Labute approximate surface area is 190 Å². The van der Waals surface area contributed by atoms with E-state index in [-0.39, 0.29) is 23.3 Å². The highest BCUT2D eigenvalue weighted by Gasteiger charge is 2.22. The number of benzene rings is 2. The van der Waals surface area contributed by atoms with Crippen molar-refractivity contribution >= 4 is 29.1 Å². The first-order chi connectivity index (χ1) is 16.0. The van der Waals surface area contributed by atoms with Crippen molar-refractivity contribution in [1.29, 1.82) is 0 Å². The molecule has 166 valence electrons. The molecule has 0 saturated heterocycles. The Morgan fingerprint density at radius 2 is 1.94 bits per heavy atom. The van der Waals surface area contributed by atoms with Gasteiger partial charge in [0.1, 0.15) is 5.75 Å². The van der Waals surface area contributed by atoms with Crippen molar-refractivity contribution in [2.24, 2.45) is 5.73 Å². The second-order valence-corrected chi connectivity index (χ2v) is 7.44. The maximum Gasteiger partial charge on any atom is 0.255 e. The summed E-state index contributed by atoms with van der Waals surface area (Å²) >= 11 is 0. The molecule has 8 heteroatoms. The summed E-state index contributed by atoms with van der Waals surface area (Å²) in [5, 5.41) is 2.80. The third-order valence-corrected chi connectivity index (χ3v) is 5.26. The van der Waals surface area contributed by atoms with Crippen molar-refractivity contribution in [2.45, 2.75) is 12.8 Å². The Balaban J connectivity index is 1.46. The van der Waals surface area contributed by atoms with Gasteiger partial charge in [-0.1, -0.05) is 18.7 Å². The molecule has 0 radical (unpaired) electrons. The third kappa shape index (κ3) is 4.74. The number of hydrogen-bond donors (Lipinski definition) is 2. The molecule has 0 bridgehead atoms. The van der Waals surface area contributed by atoms with Gasteiger partial charge < -0.3 is 20.7 Å². The van der Waals surface area contributed by atoms with E-state index >= 15 is 0 Å². The van der Waals surface area contributed by atoms with Crippen LogP contribution in [0.4, 0.5) is 11.4 Å². The van der Waals surface area contributed by atoms with E-state index in [1.54, 1.807) is 59.5 Å². The van der Waals surface area contributed by atoms with E-state index in [2.05, 4.69) is 16.9 Å². The number of rotatable bonds is 6. The average molecular weight is 442 g/mol. The number of carbonyl (C=O) groups excluding carboxylic acids is 3. The highest BCUT2D eigenvalue weighted by Crippen LogP contribution is 2.29. The number of fused-ring (bicyclic) bond motifs is 1. The summed E-state index contributed by atoms with van der Waals surface area (Å²) in [6.07, 6.45) is 4.37. The standard InChI is InChI=1S/C25H22N4O4/c1-2-23(30)29-13-5-6-16-14-17(9-11-20(16)29)25(32)28-18-10-12-22(27-15-18)33-21-8-4-3-7-19(21)24(26)31/h2-4,7-12,14-15H,1,5-6,13H2,(H2,26,31)(H,28,32). The van der Waals surface area contributed by atoms with Gasteiger partial charge in [-0.15, -0.1) is 0 Å². The minimum Gasteiger partial charge on any atom is -0.438 e. The lowest BCUT2D eigenvalue weighted by atomic mass is 9.98. The number of nitrogens with two attached hydrogens (primary N) is 1. The van der Waals surface area contributed by atoms with E-state index in [0.29, 0.717) is 23.5 Å². The van der Waals surface area contributed by atoms with Gasteiger partial charge in [0, 0.05) is 23.9 Å². The largest absolute Gasteiger partial charge is 0.438 e. The van der Waals surface area contributed by atoms with Gasteiger partial charge in [-0.2, -0.15) is 0 Å². The summed E-state index contributed by atoms with van der Waals surface area (Å²) in [4.78, 5) is 42.2. The number of anilines is 2. The lowest BCUT2D eigenvalue weighted by Crippen LogP contribution is -2.34. The number of aryl methyl sites for hydroxylation is 1. The topological polar surface area (TPSA) is 115 Å². The highest BCUT2D eigenvalue weighted by molar-refractivity contribution is 6.06. The Hall–Kier alpha value is -4.46. The first kappa shape index (κ1) is 21.8. The molecule has 3 aromatic rings. The van der Waals surface area contributed by atoms with Crippen molar-refractivity contribution in [1.82, 2.24) is 4.98 Å². The number of nitrogens with zero attached hydrogens (tertiary/aromatic N) is 2. The van der Waals surface area contributed by atoms with Crippen LogP contribution in [0.1, 0.15) is 32.7 Å². The molecular weight excluding hydrogens is 420 g/mol. The van der Waals surface area contributed by atoms with Crippen molar-refractivity contribution in [3.8, 4) is 11.6 Å². The van der Waals surface area contributed by atoms with Crippen molar-refractivity contribution in [2.75, 3.05) is 16.8 Å². The van der Waals surface area contributed by atoms with E-state index < -0.39 is 5.91 Å². The number of pyridine rings is 1. The fourth-order valence-electron chi connectivity index (χ4n) is 3.67. The second-order valence-electron chi connectivity index (χ2n) is 7.44. The van der Waals surface area contributed by atoms with Crippen LogP contribution >= 0.6 is 0 Å². The predicted octanol–water partition coefficient (Wildman–Crippen LogP) is 3.69. The number of amides is 3. The van der Waals surface area contributed by atoms with Gasteiger partial charge in [-0.3, -0.25) is 14.4 Å². The third-order valence-electron chi connectivity index (χ3n) is 5.26. The molecule has 8 nitrogen and oxygen atoms in total. The monoisotopic (exact) mass is 442 g/mol. The van der Waals surface area contributed by atoms with Gasteiger partial charge in [0.05, 0.1) is 17.4 Å². The summed E-state index contributed by atoms with van der Waals surface area (Å²) in [6.45, 7) is 4.18. The summed E-state index contributed by atoms with van der Waals surface area (Å²) in [7, 11) is 0. The zero-order valence-corrected chi connectivity index (χ0v) is 17.8. The van der Waals surface area contributed by atoms with Crippen molar-refractivity contribution in [3.05, 3.63) is 90.1 Å². The molecule has 0 unspecified atom stereocenters. The van der Waals surface area contributed by atoms with Crippen LogP contribution in [-0.2, 0) is 11.2 Å². The predicted molar refractivity (Wildman–Crippen MR) is 125 cm³/mol. The van der Waals surface area contributed by atoms with E-state index in [9.17, 15) is 14.4 Å². The van der Waals surface area contributed by atoms with Gasteiger partial charge in [-0.05, 0) is 60.9 Å². The average Bonchev–Trinajstić information content (AvgIpc) is 2.84. The SMILES string of the molecule is C=CC(=O)N1CCCc2cc(C(=O)Nc3ccc(Oc4ccccc4C(N)=O)nc3)ccc21. The van der Waals surface area contributed by atoms with E-state index in [4.69, 9.17) is 10.5 Å². The smallest absolute Gasteiger partial charge is 0.255 e. The molecule has 1 aliphatic rings. The maximum atomic E-state index is 12.7. The molecule has 0 atom stereocenters. The Morgan fingerprint density at radius 1 is 1.12 bits per heavy atom. The number of primary amides is 1. The summed E-state index contributed by atoms with van der Waals surface area (Å²) in [5.74, 6) is -0.495. The summed E-state index contributed by atoms with van der Waals surface area (Å²) in [6, 6.07) is 15.1. The molecule has 0 saturated carbocycles. The number of hydrogen-bond acceptors (Lipinski definition) is 5. The van der Waals surface area contributed by atoms with Gasteiger partial charge in [0.15, 0.2) is 0 Å². The molecule has 4 rings (SSSR count). The lowest BCUT2D eigenvalue weighted by molar-refractivity contribution is -0.114. The quantitative estimate of drug-likeness (QED) is 0.565. The molecule has 1 aromatic heterocycles. The van der Waals surface area contributed by atoms with Crippen molar-refractivity contribution in [3.63, 3.8) is 0 Å². The van der Waals surface area contributed by atoms with Crippen LogP contribution in [0.3, 0.4) is 0 Å². The van der Waals surface area contributed by atoms with Crippen LogP contribution in [0.5, 0.6) is 11.6 Å². The molecular formula is C25H22N4O4. The molecule has 3 amide bonds. The number of aromatic nitrogens is 1. The molecule has 3 N–H and O–H groups in total. The Morgan fingerprint density at radius 3 is 2.67 bits per heavy atom. The number of ether oxygens (including phenoxy) is 1. The minimum atomic E-state index is -0.600. The number of carbonyl (C=O) groups is 3. The number of nitrogens with one attached hydrogen (secondary N) is 1. The second kappa shape index (κ2) is 9.35. The Kier molecular flexibility index (Phi) is 6.17. The lowest BCUT2D eigenvalue weighted by Gasteiger charge is -2.28. The van der Waals surface area contributed by atoms with Gasteiger partial charge in [0.25, 0.3) is 11.8 Å². The normalized spacial score (nSPS) is 12.4. The van der Waals surface area contributed by atoms with Crippen LogP contribution in [0.15, 0.2) is 73.4 Å². The van der Waals surface area contributed by atoms with Crippen LogP contribution in [-0.4, -0.2) is 29.3 Å². The molecule has 2 aromatic carbocycles. The fourth-order valence-corrected chi connectivity index (χ4v) is 3.67. The van der Waals surface area contributed by atoms with E-state index in [0.717, 1.165) is 24.1 Å². The maximum absolute atomic E-state index is 12.7. The fraction of sp³-hybridized carbons (Fsp3) is 0.120. The summed E-state index contributed by atoms with van der Waals surface area (Å²) < 4.78 is 5.65. The highest BCUT2D eigenvalue weighted by atomic mass is 16.5.